The average molecular weight is 244 g/mol. The average Bonchev–Trinajstić information content (AvgIpc) is 2.87. The fourth-order valence-electron chi connectivity index (χ4n) is 2.45. The van der Waals surface area contributed by atoms with Gasteiger partial charge in [-0.15, -0.1) is 0 Å². The van der Waals surface area contributed by atoms with Crippen LogP contribution in [-0.4, -0.2) is 21.3 Å². The third kappa shape index (κ3) is 2.11. The Morgan fingerprint density at radius 1 is 1.39 bits per heavy atom. The first-order valence-corrected chi connectivity index (χ1v) is 6.20. The van der Waals surface area contributed by atoms with Crippen LogP contribution in [0.1, 0.15) is 23.6 Å². The van der Waals surface area contributed by atoms with Crippen molar-refractivity contribution in [3.8, 4) is 5.75 Å². The minimum Gasteiger partial charge on any atom is -0.493 e. The third-order valence-electron chi connectivity index (χ3n) is 3.36. The molecule has 0 fully saturated rings. The number of aliphatic hydroxyl groups is 1. The molecular weight excluding hydrogens is 228 g/mol. The normalized spacial score (nSPS) is 18.2. The van der Waals surface area contributed by atoms with Gasteiger partial charge in [-0.1, -0.05) is 18.2 Å². The lowest BCUT2D eigenvalue weighted by Crippen LogP contribution is -2.18. The van der Waals surface area contributed by atoms with Crippen LogP contribution < -0.4 is 4.74 Å². The number of benzene rings is 1. The predicted molar refractivity (Wildman–Crippen MR) is 67.4 cm³/mol. The largest absolute Gasteiger partial charge is 0.493 e. The minimum absolute atomic E-state index is 0.00261. The second-order valence-electron chi connectivity index (χ2n) is 4.59. The second kappa shape index (κ2) is 4.82. The monoisotopic (exact) mass is 244 g/mol. The van der Waals surface area contributed by atoms with Gasteiger partial charge in [0, 0.05) is 18.7 Å². The zero-order valence-corrected chi connectivity index (χ0v) is 10.1. The fraction of sp³-hybridized carbons (Fsp3) is 0.357. The molecule has 1 aromatic heterocycles. The highest BCUT2D eigenvalue weighted by Crippen LogP contribution is 2.34. The summed E-state index contributed by atoms with van der Waals surface area (Å²) in [5, 5.41) is 9.02. The standard InChI is InChI=1S/C14H16N2O2/c17-9-12-8-16(10-15-12)7-11-5-6-18-14-4-2-1-3-13(11)14/h1-4,8,10-11,17H,5-7,9H2. The molecule has 0 spiro atoms. The maximum atomic E-state index is 9.02. The van der Waals surface area contributed by atoms with E-state index in [1.54, 1.807) is 6.33 Å². The minimum atomic E-state index is -0.00261. The summed E-state index contributed by atoms with van der Waals surface area (Å²) in [5.74, 6) is 1.45. The Balaban J connectivity index is 1.81. The Labute approximate surface area is 106 Å². The van der Waals surface area contributed by atoms with Crippen LogP contribution >= 0.6 is 0 Å². The van der Waals surface area contributed by atoms with E-state index in [1.807, 2.05) is 29.0 Å². The van der Waals surface area contributed by atoms with E-state index >= 15 is 0 Å². The highest BCUT2D eigenvalue weighted by atomic mass is 16.5. The van der Waals surface area contributed by atoms with Crippen LogP contribution in [-0.2, 0) is 13.2 Å². The number of aliphatic hydroxyl groups excluding tert-OH is 1. The first-order valence-electron chi connectivity index (χ1n) is 6.20. The van der Waals surface area contributed by atoms with Crippen LogP contribution in [0.25, 0.3) is 0 Å². The summed E-state index contributed by atoms with van der Waals surface area (Å²) in [6.45, 7) is 1.65. The van der Waals surface area contributed by atoms with Crippen molar-refractivity contribution < 1.29 is 9.84 Å². The maximum absolute atomic E-state index is 9.02. The van der Waals surface area contributed by atoms with Gasteiger partial charge in [0.1, 0.15) is 5.75 Å². The van der Waals surface area contributed by atoms with Gasteiger partial charge in [0.2, 0.25) is 0 Å². The number of hydrogen-bond donors (Lipinski definition) is 1. The van der Waals surface area contributed by atoms with Crippen LogP contribution in [0.5, 0.6) is 5.75 Å². The molecule has 1 unspecified atom stereocenters. The van der Waals surface area contributed by atoms with Gasteiger partial charge in [0.25, 0.3) is 0 Å². The number of rotatable bonds is 3. The van der Waals surface area contributed by atoms with E-state index in [0.29, 0.717) is 5.92 Å². The van der Waals surface area contributed by atoms with Crippen molar-refractivity contribution in [2.45, 2.75) is 25.5 Å². The SMILES string of the molecule is OCc1cn(CC2CCOc3ccccc32)cn1. The molecule has 0 saturated carbocycles. The molecule has 2 aromatic rings. The van der Waals surface area contributed by atoms with Crippen molar-refractivity contribution in [1.82, 2.24) is 9.55 Å². The number of hydrogen-bond acceptors (Lipinski definition) is 3. The summed E-state index contributed by atoms with van der Waals surface area (Å²) in [5.41, 5.74) is 1.98. The molecule has 0 bridgehead atoms. The first-order chi connectivity index (χ1) is 8.86. The molecule has 4 heteroatoms. The van der Waals surface area contributed by atoms with Gasteiger partial charge >= 0.3 is 0 Å². The fourth-order valence-corrected chi connectivity index (χ4v) is 2.45. The van der Waals surface area contributed by atoms with Gasteiger partial charge in [-0.3, -0.25) is 0 Å². The Kier molecular flexibility index (Phi) is 3.02. The van der Waals surface area contributed by atoms with Gasteiger partial charge in [0.05, 0.1) is 25.2 Å². The predicted octanol–water partition coefficient (Wildman–Crippen LogP) is 1.94. The van der Waals surface area contributed by atoms with Crippen molar-refractivity contribution in [3.05, 3.63) is 48.0 Å². The van der Waals surface area contributed by atoms with Crippen LogP contribution in [0, 0.1) is 0 Å². The summed E-state index contributed by atoms with van der Waals surface area (Å²) in [6.07, 6.45) is 4.70. The summed E-state index contributed by atoms with van der Waals surface area (Å²) in [4.78, 5) is 4.14. The summed E-state index contributed by atoms with van der Waals surface area (Å²) < 4.78 is 7.69. The Hall–Kier alpha value is -1.81. The zero-order chi connectivity index (χ0) is 12.4. The summed E-state index contributed by atoms with van der Waals surface area (Å²) in [6, 6.07) is 8.20. The molecule has 1 aliphatic rings. The molecule has 18 heavy (non-hydrogen) atoms. The van der Waals surface area contributed by atoms with Gasteiger partial charge in [-0.2, -0.15) is 0 Å². The molecular formula is C14H16N2O2. The van der Waals surface area contributed by atoms with Crippen LogP contribution in [0.2, 0.25) is 0 Å². The number of fused-ring (bicyclic) bond motifs is 1. The summed E-state index contributed by atoms with van der Waals surface area (Å²) >= 11 is 0. The van der Waals surface area contributed by atoms with Gasteiger partial charge < -0.3 is 14.4 Å². The van der Waals surface area contributed by atoms with Crippen molar-refractivity contribution in [2.75, 3.05) is 6.61 Å². The highest BCUT2D eigenvalue weighted by molar-refractivity contribution is 5.37. The zero-order valence-electron chi connectivity index (χ0n) is 10.1. The molecule has 1 aliphatic heterocycles. The van der Waals surface area contributed by atoms with Crippen molar-refractivity contribution in [1.29, 1.82) is 0 Å². The molecule has 0 saturated heterocycles. The van der Waals surface area contributed by atoms with E-state index in [-0.39, 0.29) is 6.61 Å². The van der Waals surface area contributed by atoms with Crippen molar-refractivity contribution in [3.63, 3.8) is 0 Å². The van der Waals surface area contributed by atoms with E-state index in [9.17, 15) is 0 Å². The van der Waals surface area contributed by atoms with Crippen LogP contribution in [0.4, 0.5) is 0 Å². The maximum Gasteiger partial charge on any atom is 0.122 e. The van der Waals surface area contributed by atoms with Crippen molar-refractivity contribution >= 4 is 0 Å². The van der Waals surface area contributed by atoms with E-state index in [2.05, 4.69) is 11.1 Å². The Bertz CT molecular complexity index is 536. The smallest absolute Gasteiger partial charge is 0.122 e. The lowest BCUT2D eigenvalue weighted by Gasteiger charge is -2.26. The molecule has 94 valence electrons. The molecule has 0 amide bonds. The van der Waals surface area contributed by atoms with Crippen LogP contribution in [0.15, 0.2) is 36.8 Å². The van der Waals surface area contributed by atoms with Gasteiger partial charge in [0.15, 0.2) is 0 Å². The second-order valence-corrected chi connectivity index (χ2v) is 4.59. The lowest BCUT2D eigenvalue weighted by atomic mass is 9.93. The quantitative estimate of drug-likeness (QED) is 0.897. The molecule has 3 rings (SSSR count). The molecule has 1 aromatic carbocycles. The van der Waals surface area contributed by atoms with E-state index in [4.69, 9.17) is 9.84 Å². The molecule has 1 N–H and O–H groups in total. The highest BCUT2D eigenvalue weighted by Gasteiger charge is 2.21. The number of nitrogens with zero attached hydrogens (tertiary/aromatic N) is 2. The number of ether oxygens (including phenoxy) is 1. The van der Waals surface area contributed by atoms with Gasteiger partial charge in [-0.25, -0.2) is 4.98 Å². The topological polar surface area (TPSA) is 47.3 Å². The van der Waals surface area contributed by atoms with Crippen molar-refractivity contribution in [2.24, 2.45) is 0 Å². The summed E-state index contributed by atoms with van der Waals surface area (Å²) in [7, 11) is 0. The Morgan fingerprint density at radius 2 is 2.28 bits per heavy atom. The number of aromatic nitrogens is 2. The lowest BCUT2D eigenvalue weighted by molar-refractivity contribution is 0.258. The third-order valence-corrected chi connectivity index (χ3v) is 3.36. The molecule has 0 aliphatic carbocycles. The molecule has 0 radical (unpaired) electrons. The van der Waals surface area contributed by atoms with E-state index in [1.165, 1.54) is 5.56 Å². The Morgan fingerprint density at radius 3 is 3.11 bits per heavy atom. The van der Waals surface area contributed by atoms with E-state index in [0.717, 1.165) is 31.0 Å². The van der Waals surface area contributed by atoms with E-state index < -0.39 is 0 Å². The molecule has 2 heterocycles. The number of para-hydroxylation sites is 1. The molecule has 4 nitrogen and oxygen atoms in total. The van der Waals surface area contributed by atoms with Crippen LogP contribution in [0.3, 0.4) is 0 Å². The molecule has 1 atom stereocenters. The first kappa shape index (κ1) is 11.3. The number of imidazole rings is 1. The van der Waals surface area contributed by atoms with Gasteiger partial charge in [-0.05, 0) is 18.1 Å².